The van der Waals surface area contributed by atoms with Crippen molar-refractivity contribution >= 4 is 34.2 Å². The van der Waals surface area contributed by atoms with Gasteiger partial charge in [-0.25, -0.2) is 15.0 Å². The highest BCUT2D eigenvalue weighted by Gasteiger charge is 2.34. The van der Waals surface area contributed by atoms with E-state index in [1.807, 2.05) is 0 Å². The molecule has 1 amide bonds. The Bertz CT molecular complexity index is 909. The molecule has 1 fully saturated rings. The normalized spacial score (nSPS) is 19.1. The van der Waals surface area contributed by atoms with Gasteiger partial charge in [0.25, 0.3) is 5.91 Å². The predicted octanol–water partition coefficient (Wildman–Crippen LogP) is 1.53. The van der Waals surface area contributed by atoms with E-state index < -0.39 is 0 Å². The van der Waals surface area contributed by atoms with E-state index >= 15 is 0 Å². The molecule has 0 aromatic carbocycles. The van der Waals surface area contributed by atoms with Crippen molar-refractivity contribution in [2.45, 2.75) is 25.7 Å². The van der Waals surface area contributed by atoms with Crippen LogP contribution in [0.3, 0.4) is 0 Å². The van der Waals surface area contributed by atoms with Crippen LogP contribution >= 0.6 is 11.3 Å². The molecular formula is C19H24N6O3S. The van der Waals surface area contributed by atoms with Crippen LogP contribution in [-0.4, -0.2) is 71.6 Å². The molecule has 1 aliphatic carbocycles. The van der Waals surface area contributed by atoms with E-state index in [-0.39, 0.29) is 17.8 Å². The Morgan fingerprint density at radius 1 is 1.28 bits per heavy atom. The molecule has 10 heteroatoms. The number of esters is 1. The van der Waals surface area contributed by atoms with Crippen LogP contribution in [0.25, 0.3) is 0 Å². The largest absolute Gasteiger partial charge is 0.465 e. The molecule has 2 aromatic heterocycles. The van der Waals surface area contributed by atoms with Crippen LogP contribution in [0.4, 0.5) is 10.9 Å². The van der Waals surface area contributed by atoms with Gasteiger partial charge in [-0.3, -0.25) is 14.9 Å². The Morgan fingerprint density at radius 2 is 2.07 bits per heavy atom. The summed E-state index contributed by atoms with van der Waals surface area (Å²) in [5.74, 6) is -0.165. The summed E-state index contributed by atoms with van der Waals surface area (Å²) in [6, 6.07) is 1.71. The zero-order chi connectivity index (χ0) is 20.4. The molecule has 2 aliphatic rings. The summed E-state index contributed by atoms with van der Waals surface area (Å²) in [5, 5.41) is 3.30. The smallest absolute Gasteiger partial charge is 0.315 e. The third-order valence-corrected chi connectivity index (χ3v) is 6.27. The first-order valence-electron chi connectivity index (χ1n) is 9.78. The van der Waals surface area contributed by atoms with Crippen molar-refractivity contribution in [1.29, 1.82) is 0 Å². The van der Waals surface area contributed by atoms with Crippen molar-refractivity contribution in [1.82, 2.24) is 19.9 Å². The molecule has 0 radical (unpaired) electrons. The lowest BCUT2D eigenvalue weighted by molar-refractivity contribution is -0.145. The highest BCUT2D eigenvalue weighted by Crippen LogP contribution is 2.39. The number of piperazine rings is 1. The fraction of sp³-hybridized carbons (Fsp3) is 0.526. The number of fused-ring (bicyclic) bond motifs is 1. The molecule has 154 valence electrons. The maximum Gasteiger partial charge on any atom is 0.315 e. The van der Waals surface area contributed by atoms with Gasteiger partial charge in [-0.1, -0.05) is 0 Å². The maximum atomic E-state index is 12.7. The molecule has 29 heavy (non-hydrogen) atoms. The number of ether oxygens (including phenoxy) is 1. The fourth-order valence-electron chi connectivity index (χ4n) is 3.59. The van der Waals surface area contributed by atoms with Gasteiger partial charge in [0, 0.05) is 37.1 Å². The van der Waals surface area contributed by atoms with Crippen molar-refractivity contribution in [2.24, 2.45) is 0 Å². The fourth-order valence-corrected chi connectivity index (χ4v) is 4.63. The van der Waals surface area contributed by atoms with Gasteiger partial charge in [-0.15, -0.1) is 11.3 Å². The number of amides is 1. The van der Waals surface area contributed by atoms with E-state index in [1.54, 1.807) is 13.0 Å². The minimum atomic E-state index is -0.338. The van der Waals surface area contributed by atoms with E-state index in [0.29, 0.717) is 23.9 Å². The van der Waals surface area contributed by atoms with Crippen molar-refractivity contribution in [3.05, 3.63) is 28.7 Å². The first kappa shape index (κ1) is 19.7. The highest BCUT2D eigenvalue weighted by molar-refractivity contribution is 7.16. The highest BCUT2D eigenvalue weighted by atomic mass is 32.1. The molecule has 9 nitrogen and oxygen atoms in total. The summed E-state index contributed by atoms with van der Waals surface area (Å²) in [6.07, 6.45) is 2.90. The number of aromatic nitrogens is 3. The quantitative estimate of drug-likeness (QED) is 0.733. The summed E-state index contributed by atoms with van der Waals surface area (Å²) in [7, 11) is 2.09. The Balaban J connectivity index is 1.45. The number of rotatable bonds is 5. The second kappa shape index (κ2) is 8.42. The van der Waals surface area contributed by atoms with Crippen LogP contribution in [0.15, 0.2) is 12.4 Å². The molecule has 1 atom stereocenters. The Kier molecular flexibility index (Phi) is 5.72. The SMILES string of the molecule is CCOC(=O)C1CCc2sc(NC(=O)c3cc(N4CCN(C)CC4)ncn3)nc21. The Morgan fingerprint density at radius 3 is 2.83 bits per heavy atom. The second-order valence-electron chi connectivity index (χ2n) is 7.18. The number of thiazole rings is 1. The van der Waals surface area contributed by atoms with Crippen LogP contribution in [0.2, 0.25) is 0 Å². The summed E-state index contributed by atoms with van der Waals surface area (Å²) in [5.41, 5.74) is 1.02. The van der Waals surface area contributed by atoms with Gasteiger partial charge in [0.1, 0.15) is 23.8 Å². The van der Waals surface area contributed by atoms with E-state index in [4.69, 9.17) is 4.74 Å². The average molecular weight is 417 g/mol. The summed E-state index contributed by atoms with van der Waals surface area (Å²) in [4.78, 5) is 43.2. The van der Waals surface area contributed by atoms with Crippen LogP contribution in [0.5, 0.6) is 0 Å². The molecule has 0 bridgehead atoms. The first-order valence-corrected chi connectivity index (χ1v) is 10.6. The van der Waals surface area contributed by atoms with Crippen LogP contribution in [0.1, 0.15) is 40.3 Å². The lowest BCUT2D eigenvalue weighted by atomic mass is 10.1. The molecular weight excluding hydrogens is 392 g/mol. The molecule has 1 unspecified atom stereocenters. The number of nitrogens with one attached hydrogen (secondary N) is 1. The number of hydrogen-bond donors (Lipinski definition) is 1. The number of carbonyl (C=O) groups excluding carboxylic acids is 2. The first-order chi connectivity index (χ1) is 14.0. The number of likely N-dealkylation sites (N-methyl/N-ethyl adjacent to an activating group) is 1. The van der Waals surface area contributed by atoms with Crippen LogP contribution in [-0.2, 0) is 16.0 Å². The van der Waals surface area contributed by atoms with Crippen molar-refractivity contribution < 1.29 is 14.3 Å². The predicted molar refractivity (Wildman–Crippen MR) is 110 cm³/mol. The molecule has 4 rings (SSSR count). The third kappa shape index (κ3) is 4.23. The van der Waals surface area contributed by atoms with E-state index in [1.165, 1.54) is 17.7 Å². The molecule has 1 saturated heterocycles. The second-order valence-corrected chi connectivity index (χ2v) is 8.26. The van der Waals surface area contributed by atoms with Gasteiger partial charge in [0.2, 0.25) is 0 Å². The zero-order valence-corrected chi connectivity index (χ0v) is 17.4. The summed E-state index contributed by atoms with van der Waals surface area (Å²) in [6.45, 7) is 5.78. The zero-order valence-electron chi connectivity index (χ0n) is 16.6. The van der Waals surface area contributed by atoms with E-state index in [0.717, 1.165) is 49.0 Å². The minimum absolute atomic E-state index is 0.248. The summed E-state index contributed by atoms with van der Waals surface area (Å²) < 4.78 is 5.13. The van der Waals surface area contributed by atoms with Gasteiger partial charge in [0.05, 0.1) is 12.3 Å². The van der Waals surface area contributed by atoms with Gasteiger partial charge in [-0.2, -0.15) is 0 Å². The standard InChI is InChI=1S/C19H24N6O3S/c1-3-28-18(27)12-4-5-14-16(12)22-19(29-14)23-17(26)13-10-15(21-11-20-13)25-8-6-24(2)7-9-25/h10-12H,3-9H2,1-2H3,(H,22,23,26). The van der Waals surface area contributed by atoms with Gasteiger partial charge in [0.15, 0.2) is 5.13 Å². The molecule has 0 saturated carbocycles. The lowest BCUT2D eigenvalue weighted by Gasteiger charge is -2.33. The lowest BCUT2D eigenvalue weighted by Crippen LogP contribution is -2.44. The monoisotopic (exact) mass is 416 g/mol. The number of hydrogen-bond acceptors (Lipinski definition) is 9. The van der Waals surface area contributed by atoms with Gasteiger partial charge in [-0.05, 0) is 26.8 Å². The topological polar surface area (TPSA) is 101 Å². The minimum Gasteiger partial charge on any atom is -0.465 e. The molecule has 0 spiro atoms. The van der Waals surface area contributed by atoms with Crippen molar-refractivity contribution in [2.75, 3.05) is 50.1 Å². The maximum absolute atomic E-state index is 12.7. The molecule has 1 N–H and O–H groups in total. The van der Waals surface area contributed by atoms with Crippen LogP contribution < -0.4 is 10.2 Å². The van der Waals surface area contributed by atoms with Crippen molar-refractivity contribution in [3.8, 4) is 0 Å². The van der Waals surface area contributed by atoms with Gasteiger partial charge < -0.3 is 14.5 Å². The number of aryl methyl sites for hydroxylation is 1. The van der Waals surface area contributed by atoms with Crippen molar-refractivity contribution in [3.63, 3.8) is 0 Å². The Hall–Kier alpha value is -2.59. The number of anilines is 2. The Labute approximate surface area is 173 Å². The average Bonchev–Trinajstić information content (AvgIpc) is 3.29. The van der Waals surface area contributed by atoms with E-state index in [2.05, 4.69) is 37.1 Å². The molecule has 3 heterocycles. The number of nitrogens with zero attached hydrogens (tertiary/aromatic N) is 5. The molecule has 2 aromatic rings. The van der Waals surface area contributed by atoms with E-state index in [9.17, 15) is 9.59 Å². The van der Waals surface area contributed by atoms with Gasteiger partial charge >= 0.3 is 5.97 Å². The van der Waals surface area contributed by atoms with Crippen LogP contribution in [0, 0.1) is 0 Å². The summed E-state index contributed by atoms with van der Waals surface area (Å²) >= 11 is 1.41. The molecule has 1 aliphatic heterocycles. The number of carbonyl (C=O) groups is 2. The third-order valence-electron chi connectivity index (χ3n) is 5.22.